The molecule has 0 N–H and O–H groups in total. The Morgan fingerprint density at radius 3 is 2.56 bits per heavy atom. The number of ether oxygens (including phenoxy) is 2. The van der Waals surface area contributed by atoms with E-state index in [1.54, 1.807) is 0 Å². The summed E-state index contributed by atoms with van der Waals surface area (Å²) in [5.41, 5.74) is 0. The highest BCUT2D eigenvalue weighted by atomic mass is 16.5. The number of rotatable bonds is 4. The molecule has 5 heteroatoms. The molecular weight excluding hydrogens is 210 g/mol. The molecule has 0 bridgehead atoms. The van der Waals surface area contributed by atoms with Gasteiger partial charge in [-0.05, 0) is 26.7 Å². The third-order valence-electron chi connectivity index (χ3n) is 2.75. The number of methoxy groups -OCH3 is 1. The Balaban J connectivity index is 2.52. The number of carbonyl (C=O) groups is 2. The molecule has 1 fully saturated rings. The predicted octanol–water partition coefficient (Wildman–Crippen LogP) is 0.575. The van der Waals surface area contributed by atoms with Gasteiger partial charge in [-0.25, -0.2) is 0 Å². The maximum atomic E-state index is 12.0. The first-order valence-corrected chi connectivity index (χ1v) is 5.59. The molecule has 0 spiro atoms. The molecule has 0 aromatic carbocycles. The lowest BCUT2D eigenvalue weighted by Crippen LogP contribution is -2.42. The lowest BCUT2D eigenvalue weighted by Gasteiger charge is -2.22. The summed E-state index contributed by atoms with van der Waals surface area (Å²) in [6.45, 7) is 4.27. The van der Waals surface area contributed by atoms with Gasteiger partial charge in [-0.3, -0.25) is 9.59 Å². The third kappa shape index (κ3) is 3.20. The van der Waals surface area contributed by atoms with Gasteiger partial charge in [-0.15, -0.1) is 0 Å². The topological polar surface area (TPSA) is 55.8 Å². The Bertz CT molecular complexity index is 267. The fourth-order valence-electron chi connectivity index (χ4n) is 1.75. The quantitative estimate of drug-likeness (QED) is 0.661. The van der Waals surface area contributed by atoms with E-state index in [2.05, 4.69) is 4.74 Å². The van der Waals surface area contributed by atoms with E-state index in [0.717, 1.165) is 12.8 Å². The fourth-order valence-corrected chi connectivity index (χ4v) is 1.75. The van der Waals surface area contributed by atoms with Crippen molar-refractivity contribution in [1.82, 2.24) is 4.90 Å². The first-order chi connectivity index (χ1) is 7.58. The lowest BCUT2D eigenvalue weighted by molar-refractivity contribution is -0.151. The minimum atomic E-state index is -0.402. The van der Waals surface area contributed by atoms with Crippen LogP contribution in [0.4, 0.5) is 0 Å². The van der Waals surface area contributed by atoms with E-state index < -0.39 is 5.97 Å². The van der Waals surface area contributed by atoms with Crippen LogP contribution in [0.25, 0.3) is 0 Å². The molecule has 16 heavy (non-hydrogen) atoms. The number of nitrogens with zero attached hydrogens (tertiary/aromatic N) is 1. The molecule has 0 aromatic heterocycles. The number of hydrogen-bond donors (Lipinski definition) is 0. The number of hydrogen-bond acceptors (Lipinski definition) is 4. The highest BCUT2D eigenvalue weighted by molar-refractivity contribution is 5.85. The van der Waals surface area contributed by atoms with Gasteiger partial charge in [0.25, 0.3) is 5.91 Å². The molecule has 2 unspecified atom stereocenters. The normalized spacial score (nSPS) is 24.2. The van der Waals surface area contributed by atoms with Crippen molar-refractivity contribution in [2.75, 3.05) is 20.2 Å². The van der Waals surface area contributed by atoms with Gasteiger partial charge in [0.2, 0.25) is 0 Å². The minimum absolute atomic E-state index is 0.0000737. The summed E-state index contributed by atoms with van der Waals surface area (Å²) < 4.78 is 10.0. The Hall–Kier alpha value is -1.10. The zero-order valence-corrected chi connectivity index (χ0v) is 10.1. The second kappa shape index (κ2) is 5.84. The molecule has 1 amide bonds. The molecular formula is C11H19NO4. The van der Waals surface area contributed by atoms with Gasteiger partial charge in [0.15, 0.2) is 0 Å². The fraction of sp³-hybridized carbons (Fsp3) is 0.818. The zero-order valence-electron chi connectivity index (χ0n) is 10.1. The van der Waals surface area contributed by atoms with Crippen LogP contribution in [-0.4, -0.2) is 49.2 Å². The van der Waals surface area contributed by atoms with Crippen molar-refractivity contribution in [3.8, 4) is 0 Å². The smallest absolute Gasteiger partial charge is 0.325 e. The SMILES string of the molecule is CCN(CC(=O)OC)C(=O)C1CCC(C)O1. The lowest BCUT2D eigenvalue weighted by atomic mass is 10.2. The first-order valence-electron chi connectivity index (χ1n) is 5.59. The van der Waals surface area contributed by atoms with Gasteiger partial charge in [-0.1, -0.05) is 0 Å². The summed E-state index contributed by atoms with van der Waals surface area (Å²) >= 11 is 0. The van der Waals surface area contributed by atoms with Crippen molar-refractivity contribution in [2.45, 2.75) is 38.9 Å². The van der Waals surface area contributed by atoms with Gasteiger partial charge in [0.1, 0.15) is 12.6 Å². The molecule has 1 aliphatic rings. The Morgan fingerprint density at radius 1 is 1.44 bits per heavy atom. The summed E-state index contributed by atoms with van der Waals surface area (Å²) in [5, 5.41) is 0. The van der Waals surface area contributed by atoms with Crippen LogP contribution in [0, 0.1) is 0 Å². The largest absolute Gasteiger partial charge is 0.468 e. The van der Waals surface area contributed by atoms with Gasteiger partial charge in [0.05, 0.1) is 13.2 Å². The molecule has 0 aromatic rings. The second-order valence-electron chi connectivity index (χ2n) is 3.94. The Labute approximate surface area is 95.7 Å². The molecule has 92 valence electrons. The van der Waals surface area contributed by atoms with Crippen molar-refractivity contribution in [3.05, 3.63) is 0 Å². The predicted molar refractivity (Wildman–Crippen MR) is 57.8 cm³/mol. The molecule has 1 heterocycles. The van der Waals surface area contributed by atoms with E-state index >= 15 is 0 Å². The molecule has 0 saturated carbocycles. The summed E-state index contributed by atoms with van der Waals surface area (Å²) in [5.74, 6) is -0.515. The van der Waals surface area contributed by atoms with Crippen LogP contribution in [0.5, 0.6) is 0 Å². The van der Waals surface area contributed by atoms with Crippen molar-refractivity contribution in [2.24, 2.45) is 0 Å². The first kappa shape index (κ1) is 13.0. The Morgan fingerprint density at radius 2 is 2.12 bits per heavy atom. The molecule has 1 aliphatic heterocycles. The molecule has 2 atom stereocenters. The summed E-state index contributed by atoms with van der Waals surface area (Å²) in [4.78, 5) is 24.5. The summed E-state index contributed by atoms with van der Waals surface area (Å²) in [6.07, 6.45) is 1.37. The van der Waals surface area contributed by atoms with Crippen LogP contribution in [0.3, 0.4) is 0 Å². The average Bonchev–Trinajstić information content (AvgIpc) is 2.71. The van der Waals surface area contributed by atoms with Crippen molar-refractivity contribution >= 4 is 11.9 Å². The van der Waals surface area contributed by atoms with Crippen LogP contribution in [0.2, 0.25) is 0 Å². The minimum Gasteiger partial charge on any atom is -0.468 e. The van der Waals surface area contributed by atoms with Gasteiger partial charge in [-0.2, -0.15) is 0 Å². The Kier molecular flexibility index (Phi) is 4.73. The van der Waals surface area contributed by atoms with Crippen LogP contribution in [-0.2, 0) is 19.1 Å². The zero-order chi connectivity index (χ0) is 12.1. The third-order valence-corrected chi connectivity index (χ3v) is 2.75. The monoisotopic (exact) mass is 229 g/mol. The highest BCUT2D eigenvalue weighted by Gasteiger charge is 2.31. The summed E-state index contributed by atoms with van der Waals surface area (Å²) in [6, 6.07) is 0. The van der Waals surface area contributed by atoms with E-state index in [0.29, 0.717) is 6.54 Å². The van der Waals surface area contributed by atoms with Gasteiger partial charge in [0, 0.05) is 6.54 Å². The van der Waals surface area contributed by atoms with Crippen LogP contribution < -0.4 is 0 Å². The molecule has 5 nitrogen and oxygen atoms in total. The molecule has 1 saturated heterocycles. The summed E-state index contributed by atoms with van der Waals surface area (Å²) in [7, 11) is 1.31. The van der Waals surface area contributed by atoms with Gasteiger partial charge < -0.3 is 14.4 Å². The van der Waals surface area contributed by atoms with E-state index in [4.69, 9.17) is 4.74 Å². The van der Waals surface area contributed by atoms with Crippen molar-refractivity contribution in [1.29, 1.82) is 0 Å². The van der Waals surface area contributed by atoms with E-state index in [1.807, 2.05) is 13.8 Å². The second-order valence-corrected chi connectivity index (χ2v) is 3.94. The van der Waals surface area contributed by atoms with E-state index in [-0.39, 0.29) is 24.7 Å². The number of likely N-dealkylation sites (N-methyl/N-ethyl adjacent to an activating group) is 1. The van der Waals surface area contributed by atoms with Crippen LogP contribution in [0.15, 0.2) is 0 Å². The molecule has 0 radical (unpaired) electrons. The maximum absolute atomic E-state index is 12.0. The van der Waals surface area contributed by atoms with Crippen LogP contribution >= 0.6 is 0 Å². The average molecular weight is 229 g/mol. The van der Waals surface area contributed by atoms with Crippen molar-refractivity contribution < 1.29 is 19.1 Å². The standard InChI is InChI=1S/C11H19NO4/c1-4-12(7-10(13)15-3)11(14)9-6-5-8(2)16-9/h8-9H,4-7H2,1-3H3. The number of carbonyl (C=O) groups excluding carboxylic acids is 2. The maximum Gasteiger partial charge on any atom is 0.325 e. The highest BCUT2D eigenvalue weighted by Crippen LogP contribution is 2.20. The van der Waals surface area contributed by atoms with Crippen molar-refractivity contribution in [3.63, 3.8) is 0 Å². The van der Waals surface area contributed by atoms with Gasteiger partial charge >= 0.3 is 5.97 Å². The molecule has 0 aliphatic carbocycles. The van der Waals surface area contributed by atoms with Crippen LogP contribution in [0.1, 0.15) is 26.7 Å². The number of esters is 1. The molecule has 1 rings (SSSR count). The van der Waals surface area contributed by atoms with E-state index in [9.17, 15) is 9.59 Å². The van der Waals surface area contributed by atoms with E-state index in [1.165, 1.54) is 12.0 Å². The number of amides is 1.